The molecule has 0 radical (unpaired) electrons. The molecule has 0 aromatic heterocycles. The average Bonchev–Trinajstić information content (AvgIpc) is 2.93. The van der Waals surface area contributed by atoms with E-state index in [0.29, 0.717) is 25.9 Å². The molecule has 1 aromatic rings. The van der Waals surface area contributed by atoms with E-state index in [1.807, 2.05) is 31.2 Å². The van der Waals surface area contributed by atoms with Crippen molar-refractivity contribution < 1.29 is 32.5 Å². The number of carbonyl (C=O) groups is 1. The van der Waals surface area contributed by atoms with E-state index in [0.717, 1.165) is 35.3 Å². The standard InChI is InChI=1S/C32H58NO6P/c1-6-9-10-11-12-13-14-15-16-17-24-37-32-21-19-29(20-22-32)26-30(27-31(34)7-2)28-39-40(35,36)38-25-18-23-33(4,5)8-3/h19-22,30H,6-18,23-28H2,1-5H3. The number of quaternary nitrogens is 1. The Morgan fingerprint density at radius 2 is 1.45 bits per heavy atom. The van der Waals surface area contributed by atoms with Crippen LogP contribution in [-0.2, 0) is 24.8 Å². The smallest absolute Gasteiger partial charge is 0.267 e. The van der Waals surface area contributed by atoms with Crippen molar-refractivity contribution in [2.45, 2.75) is 111 Å². The highest BCUT2D eigenvalue weighted by Crippen LogP contribution is 2.39. The van der Waals surface area contributed by atoms with Gasteiger partial charge in [-0.1, -0.05) is 83.8 Å². The Balaban J connectivity index is 2.40. The summed E-state index contributed by atoms with van der Waals surface area (Å²) in [6.07, 6.45) is 14.8. The quantitative estimate of drug-likeness (QED) is 0.0638. The van der Waals surface area contributed by atoms with Gasteiger partial charge in [-0.05, 0) is 43.4 Å². The van der Waals surface area contributed by atoms with Gasteiger partial charge < -0.3 is 23.2 Å². The van der Waals surface area contributed by atoms with Gasteiger partial charge in [0.25, 0.3) is 7.82 Å². The Morgan fingerprint density at radius 1 is 0.850 bits per heavy atom. The molecule has 2 atom stereocenters. The number of unbranched alkanes of at least 4 members (excludes halogenated alkanes) is 9. The zero-order valence-corrected chi connectivity index (χ0v) is 27.1. The first kappa shape index (κ1) is 36.8. The summed E-state index contributed by atoms with van der Waals surface area (Å²) in [5, 5.41) is 0. The molecule has 1 aromatic carbocycles. The van der Waals surface area contributed by atoms with Crippen LogP contribution in [-0.4, -0.2) is 57.3 Å². The predicted octanol–water partition coefficient (Wildman–Crippen LogP) is 7.50. The summed E-state index contributed by atoms with van der Waals surface area (Å²) in [5.41, 5.74) is 1.02. The van der Waals surface area contributed by atoms with Crippen LogP contribution in [0.1, 0.15) is 110 Å². The van der Waals surface area contributed by atoms with Crippen LogP contribution in [0, 0.1) is 5.92 Å². The monoisotopic (exact) mass is 583 g/mol. The van der Waals surface area contributed by atoms with Crippen LogP contribution < -0.4 is 9.63 Å². The maximum Gasteiger partial charge on any atom is 0.267 e. The van der Waals surface area contributed by atoms with Gasteiger partial charge in [-0.15, -0.1) is 0 Å². The topological polar surface area (TPSA) is 84.9 Å². The largest absolute Gasteiger partial charge is 0.756 e. The highest BCUT2D eigenvalue weighted by atomic mass is 31.2. The summed E-state index contributed by atoms with van der Waals surface area (Å²) >= 11 is 0. The van der Waals surface area contributed by atoms with Crippen LogP contribution in [0.15, 0.2) is 24.3 Å². The van der Waals surface area contributed by atoms with E-state index in [4.69, 9.17) is 13.8 Å². The van der Waals surface area contributed by atoms with E-state index in [-0.39, 0.29) is 31.3 Å². The molecule has 0 heterocycles. The maximum absolute atomic E-state index is 12.3. The van der Waals surface area contributed by atoms with E-state index >= 15 is 0 Å². The van der Waals surface area contributed by atoms with Gasteiger partial charge in [0.1, 0.15) is 11.5 Å². The molecule has 0 N–H and O–H groups in total. The summed E-state index contributed by atoms with van der Waals surface area (Å²) in [7, 11) is -0.226. The Bertz CT molecular complexity index is 829. The van der Waals surface area contributed by atoms with Crippen LogP contribution in [0.4, 0.5) is 0 Å². The molecular formula is C32H58NO6P. The highest BCUT2D eigenvalue weighted by Gasteiger charge is 2.19. The van der Waals surface area contributed by atoms with Crippen molar-refractivity contribution in [2.24, 2.45) is 5.92 Å². The number of nitrogens with zero attached hydrogens (tertiary/aromatic N) is 1. The Hall–Kier alpha value is -1.24. The highest BCUT2D eigenvalue weighted by molar-refractivity contribution is 7.45. The number of carbonyl (C=O) groups excluding carboxylic acids is 1. The third-order valence-corrected chi connectivity index (χ3v) is 8.57. The van der Waals surface area contributed by atoms with E-state index in [1.165, 1.54) is 57.8 Å². The van der Waals surface area contributed by atoms with E-state index in [1.54, 1.807) is 0 Å². The lowest BCUT2D eigenvalue weighted by atomic mass is 9.94. The van der Waals surface area contributed by atoms with Gasteiger partial charge in [-0.3, -0.25) is 9.36 Å². The zero-order chi connectivity index (χ0) is 29.7. The molecule has 0 aliphatic rings. The van der Waals surface area contributed by atoms with Crippen molar-refractivity contribution in [2.75, 3.05) is 47.0 Å². The van der Waals surface area contributed by atoms with Gasteiger partial charge in [0.05, 0.1) is 47.0 Å². The number of phosphoric ester groups is 1. The van der Waals surface area contributed by atoms with Crippen molar-refractivity contribution in [1.29, 1.82) is 0 Å². The van der Waals surface area contributed by atoms with Gasteiger partial charge in [0, 0.05) is 19.3 Å². The SMILES string of the molecule is CCCCCCCCCCCCOc1ccc(CC(COP(=O)([O-])OCCC[N+](C)(C)CC)CC(=O)CC)cc1. The minimum atomic E-state index is -4.42. The molecule has 0 amide bonds. The number of hydrogen-bond donors (Lipinski definition) is 0. The van der Waals surface area contributed by atoms with E-state index in [2.05, 4.69) is 27.9 Å². The second-order valence-corrected chi connectivity index (χ2v) is 13.2. The molecule has 0 spiro atoms. The van der Waals surface area contributed by atoms with Gasteiger partial charge in [-0.2, -0.15) is 0 Å². The van der Waals surface area contributed by atoms with Gasteiger partial charge >= 0.3 is 0 Å². The maximum atomic E-state index is 12.3. The fraction of sp³-hybridized carbons (Fsp3) is 0.781. The van der Waals surface area contributed by atoms with Crippen LogP contribution in [0.2, 0.25) is 0 Å². The first-order valence-corrected chi connectivity index (χ1v) is 17.2. The third kappa shape index (κ3) is 19.0. The molecule has 40 heavy (non-hydrogen) atoms. The van der Waals surface area contributed by atoms with Crippen molar-refractivity contribution in [3.63, 3.8) is 0 Å². The lowest BCUT2D eigenvalue weighted by Crippen LogP contribution is -2.40. The van der Waals surface area contributed by atoms with Gasteiger partial charge in [0.15, 0.2) is 0 Å². The number of ether oxygens (including phenoxy) is 1. The molecule has 0 saturated heterocycles. The first-order valence-electron chi connectivity index (χ1n) is 15.8. The Labute approximate surface area is 245 Å². The first-order chi connectivity index (χ1) is 19.1. The van der Waals surface area contributed by atoms with Gasteiger partial charge in [-0.25, -0.2) is 0 Å². The average molecular weight is 584 g/mol. The van der Waals surface area contributed by atoms with E-state index in [9.17, 15) is 14.3 Å². The lowest BCUT2D eigenvalue weighted by Gasteiger charge is -2.29. The number of hydrogen-bond acceptors (Lipinski definition) is 6. The molecule has 2 unspecified atom stereocenters. The molecular weight excluding hydrogens is 525 g/mol. The van der Waals surface area contributed by atoms with Crippen LogP contribution >= 0.6 is 7.82 Å². The minimum Gasteiger partial charge on any atom is -0.756 e. The Kier molecular flexibility index (Phi) is 19.7. The van der Waals surface area contributed by atoms with Crippen LogP contribution in [0.25, 0.3) is 0 Å². The van der Waals surface area contributed by atoms with Gasteiger partial charge in [0.2, 0.25) is 0 Å². The minimum absolute atomic E-state index is 0.0694. The second-order valence-electron chi connectivity index (χ2n) is 11.7. The Morgan fingerprint density at radius 3 is 2.02 bits per heavy atom. The molecule has 0 aliphatic carbocycles. The molecule has 0 bridgehead atoms. The van der Waals surface area contributed by atoms with Crippen molar-refractivity contribution >= 4 is 13.6 Å². The summed E-state index contributed by atoms with van der Waals surface area (Å²) in [4.78, 5) is 24.5. The van der Waals surface area contributed by atoms with Crippen LogP contribution in [0.5, 0.6) is 5.75 Å². The van der Waals surface area contributed by atoms with Crippen molar-refractivity contribution in [3.05, 3.63) is 29.8 Å². The molecule has 232 valence electrons. The molecule has 8 heteroatoms. The van der Waals surface area contributed by atoms with E-state index < -0.39 is 7.82 Å². The number of benzene rings is 1. The lowest BCUT2D eigenvalue weighted by molar-refractivity contribution is -0.888. The summed E-state index contributed by atoms with van der Waals surface area (Å²) < 4.78 is 29.3. The van der Waals surface area contributed by atoms with Crippen LogP contribution in [0.3, 0.4) is 0 Å². The normalized spacial score (nSPS) is 14.2. The summed E-state index contributed by atoms with van der Waals surface area (Å²) in [5.74, 6) is 0.679. The molecule has 7 nitrogen and oxygen atoms in total. The fourth-order valence-electron chi connectivity index (χ4n) is 4.55. The molecule has 1 rings (SSSR count). The van der Waals surface area contributed by atoms with Crippen molar-refractivity contribution in [3.8, 4) is 5.75 Å². The zero-order valence-electron chi connectivity index (χ0n) is 26.2. The number of Topliss-reactive ketones (excluding diaryl/α,β-unsaturated/α-hetero) is 1. The summed E-state index contributed by atoms with van der Waals surface area (Å²) in [6, 6.07) is 7.86. The fourth-order valence-corrected chi connectivity index (χ4v) is 5.37. The number of phosphoric acid groups is 1. The van der Waals surface area contributed by atoms with Crippen molar-refractivity contribution in [1.82, 2.24) is 0 Å². The summed E-state index contributed by atoms with van der Waals surface area (Å²) in [6.45, 7) is 8.70. The third-order valence-electron chi connectivity index (χ3n) is 7.61. The molecule has 0 saturated carbocycles. The predicted molar refractivity (Wildman–Crippen MR) is 163 cm³/mol. The second kappa shape index (κ2) is 21.5. The number of ketones is 1. The molecule has 0 aliphatic heterocycles. The molecule has 0 fully saturated rings. The number of rotatable bonds is 26.